The van der Waals surface area contributed by atoms with Crippen LogP contribution in [0.2, 0.25) is 5.15 Å². The van der Waals surface area contributed by atoms with Crippen molar-refractivity contribution < 1.29 is 9.47 Å². The molecule has 0 aromatic carbocycles. The Balaban J connectivity index is 1.95. The van der Waals surface area contributed by atoms with E-state index in [-0.39, 0.29) is 6.10 Å². The predicted molar refractivity (Wildman–Crippen MR) is 53.7 cm³/mol. The quantitative estimate of drug-likeness (QED) is 0.707. The Labute approximate surface area is 88.0 Å². The van der Waals surface area contributed by atoms with Crippen LogP contribution in [0.4, 0.5) is 0 Å². The second kappa shape index (κ2) is 4.62. The van der Waals surface area contributed by atoms with Gasteiger partial charge in [0.15, 0.2) is 0 Å². The number of ether oxygens (including phenoxy) is 2. The fraction of sp³-hybridized carbons (Fsp3) is 0.500. The van der Waals surface area contributed by atoms with Crippen molar-refractivity contribution in [2.75, 3.05) is 13.2 Å². The number of aromatic nitrogens is 1. The summed E-state index contributed by atoms with van der Waals surface area (Å²) < 4.78 is 10.9. The molecule has 1 aromatic rings. The molecule has 1 fully saturated rings. The maximum absolute atomic E-state index is 5.75. The van der Waals surface area contributed by atoms with Gasteiger partial charge in [-0.25, -0.2) is 4.98 Å². The molecule has 0 radical (unpaired) electrons. The smallest absolute Gasteiger partial charge is 0.214 e. The first-order valence-electron chi connectivity index (χ1n) is 4.71. The lowest BCUT2D eigenvalue weighted by Gasteiger charge is -2.22. The first-order chi connectivity index (χ1) is 6.84. The average Bonchev–Trinajstić information content (AvgIpc) is 2.19. The summed E-state index contributed by atoms with van der Waals surface area (Å²) in [5.74, 6) is 0.601. The molecule has 0 saturated carbocycles. The molecule has 76 valence electrons. The van der Waals surface area contributed by atoms with Gasteiger partial charge in [-0.1, -0.05) is 17.7 Å². The van der Waals surface area contributed by atoms with E-state index in [0.29, 0.717) is 11.0 Å². The van der Waals surface area contributed by atoms with Crippen LogP contribution in [0.25, 0.3) is 0 Å². The molecule has 0 N–H and O–H groups in total. The molecule has 2 heterocycles. The molecule has 14 heavy (non-hydrogen) atoms. The third kappa shape index (κ3) is 2.59. The average molecular weight is 214 g/mol. The highest BCUT2D eigenvalue weighted by molar-refractivity contribution is 6.29. The third-order valence-corrected chi connectivity index (χ3v) is 2.36. The highest BCUT2D eigenvalue weighted by atomic mass is 35.5. The Morgan fingerprint density at radius 2 is 2.14 bits per heavy atom. The highest BCUT2D eigenvalue weighted by Gasteiger charge is 2.15. The minimum absolute atomic E-state index is 0.217. The molecule has 0 bridgehead atoms. The molecule has 0 amide bonds. The largest absolute Gasteiger partial charge is 0.474 e. The van der Waals surface area contributed by atoms with Gasteiger partial charge in [0.1, 0.15) is 11.3 Å². The molecular weight excluding hydrogens is 202 g/mol. The van der Waals surface area contributed by atoms with Crippen LogP contribution in [-0.2, 0) is 4.74 Å². The van der Waals surface area contributed by atoms with Crippen LogP contribution in [0.15, 0.2) is 18.2 Å². The Hall–Kier alpha value is -0.800. The molecule has 3 nitrogen and oxygen atoms in total. The van der Waals surface area contributed by atoms with E-state index in [2.05, 4.69) is 4.98 Å². The molecule has 4 heteroatoms. The zero-order valence-electron chi connectivity index (χ0n) is 7.78. The normalized spacial score (nSPS) is 18.1. The Morgan fingerprint density at radius 1 is 1.36 bits per heavy atom. The number of halogens is 1. The van der Waals surface area contributed by atoms with Gasteiger partial charge < -0.3 is 9.47 Å². The van der Waals surface area contributed by atoms with Gasteiger partial charge in [-0.3, -0.25) is 0 Å². The molecule has 1 aromatic heterocycles. The minimum Gasteiger partial charge on any atom is -0.474 e. The molecule has 1 aliphatic rings. The van der Waals surface area contributed by atoms with E-state index in [1.807, 2.05) is 12.1 Å². The van der Waals surface area contributed by atoms with Gasteiger partial charge in [0, 0.05) is 18.9 Å². The van der Waals surface area contributed by atoms with Gasteiger partial charge >= 0.3 is 0 Å². The number of hydrogen-bond acceptors (Lipinski definition) is 3. The standard InChI is InChI=1S/C10H12ClNO2/c11-9-2-1-3-10(12-9)14-8-4-6-13-7-5-8/h1-3,8H,4-7H2. The van der Waals surface area contributed by atoms with Crippen LogP contribution in [0.5, 0.6) is 5.88 Å². The first-order valence-corrected chi connectivity index (χ1v) is 5.09. The second-order valence-corrected chi connectivity index (χ2v) is 3.62. The molecule has 2 rings (SSSR count). The van der Waals surface area contributed by atoms with E-state index in [0.717, 1.165) is 26.1 Å². The lowest BCUT2D eigenvalue weighted by molar-refractivity contribution is 0.0237. The van der Waals surface area contributed by atoms with E-state index in [4.69, 9.17) is 21.1 Å². The van der Waals surface area contributed by atoms with Crippen LogP contribution in [0.1, 0.15) is 12.8 Å². The van der Waals surface area contributed by atoms with Crippen LogP contribution in [0.3, 0.4) is 0 Å². The number of hydrogen-bond donors (Lipinski definition) is 0. The van der Waals surface area contributed by atoms with Gasteiger partial charge in [0.2, 0.25) is 5.88 Å². The van der Waals surface area contributed by atoms with E-state index in [9.17, 15) is 0 Å². The fourth-order valence-electron chi connectivity index (χ4n) is 1.42. The zero-order valence-corrected chi connectivity index (χ0v) is 8.54. The number of pyridine rings is 1. The van der Waals surface area contributed by atoms with Crippen molar-refractivity contribution in [3.63, 3.8) is 0 Å². The van der Waals surface area contributed by atoms with E-state index >= 15 is 0 Å². The van der Waals surface area contributed by atoms with Crippen LogP contribution < -0.4 is 4.74 Å². The Kier molecular flexibility index (Phi) is 3.22. The summed E-state index contributed by atoms with van der Waals surface area (Å²) in [5, 5.41) is 0.467. The molecular formula is C10H12ClNO2. The van der Waals surface area contributed by atoms with E-state index in [1.54, 1.807) is 6.07 Å². The van der Waals surface area contributed by atoms with Gasteiger partial charge in [0.25, 0.3) is 0 Å². The lowest BCUT2D eigenvalue weighted by Crippen LogP contribution is -2.26. The highest BCUT2D eigenvalue weighted by Crippen LogP contribution is 2.17. The summed E-state index contributed by atoms with van der Waals surface area (Å²) >= 11 is 5.75. The monoisotopic (exact) mass is 213 g/mol. The molecule has 0 aliphatic carbocycles. The Morgan fingerprint density at radius 3 is 2.86 bits per heavy atom. The van der Waals surface area contributed by atoms with Gasteiger partial charge in [-0.05, 0) is 6.07 Å². The summed E-state index contributed by atoms with van der Waals surface area (Å²) in [7, 11) is 0. The van der Waals surface area contributed by atoms with Gasteiger partial charge in [-0.15, -0.1) is 0 Å². The third-order valence-electron chi connectivity index (χ3n) is 2.15. The van der Waals surface area contributed by atoms with Crippen LogP contribution >= 0.6 is 11.6 Å². The topological polar surface area (TPSA) is 31.4 Å². The van der Waals surface area contributed by atoms with E-state index < -0.39 is 0 Å². The van der Waals surface area contributed by atoms with Crippen molar-refractivity contribution in [3.8, 4) is 5.88 Å². The van der Waals surface area contributed by atoms with E-state index in [1.165, 1.54) is 0 Å². The number of rotatable bonds is 2. The second-order valence-electron chi connectivity index (χ2n) is 3.23. The van der Waals surface area contributed by atoms with Crippen molar-refractivity contribution in [1.29, 1.82) is 0 Å². The van der Waals surface area contributed by atoms with Crippen LogP contribution in [-0.4, -0.2) is 24.3 Å². The maximum atomic E-state index is 5.75. The summed E-state index contributed by atoms with van der Waals surface area (Å²) in [6, 6.07) is 5.39. The number of nitrogens with zero attached hydrogens (tertiary/aromatic N) is 1. The molecule has 1 saturated heterocycles. The molecule has 1 aliphatic heterocycles. The molecule has 0 unspecified atom stereocenters. The Bertz CT molecular complexity index is 300. The summed E-state index contributed by atoms with van der Waals surface area (Å²) in [4.78, 5) is 4.07. The van der Waals surface area contributed by atoms with Gasteiger partial charge in [0.05, 0.1) is 13.2 Å². The van der Waals surface area contributed by atoms with Crippen molar-refractivity contribution in [2.24, 2.45) is 0 Å². The van der Waals surface area contributed by atoms with Crippen molar-refractivity contribution >= 4 is 11.6 Å². The van der Waals surface area contributed by atoms with Crippen LogP contribution in [0, 0.1) is 0 Å². The lowest BCUT2D eigenvalue weighted by atomic mass is 10.2. The van der Waals surface area contributed by atoms with Gasteiger partial charge in [-0.2, -0.15) is 0 Å². The van der Waals surface area contributed by atoms with Crippen molar-refractivity contribution in [1.82, 2.24) is 4.98 Å². The predicted octanol–water partition coefficient (Wildman–Crippen LogP) is 2.29. The first kappa shape index (κ1) is 9.74. The minimum atomic E-state index is 0.217. The molecule has 0 spiro atoms. The summed E-state index contributed by atoms with van der Waals surface area (Å²) in [5.41, 5.74) is 0. The SMILES string of the molecule is Clc1cccc(OC2CCOCC2)n1. The summed E-state index contributed by atoms with van der Waals surface area (Å²) in [6.45, 7) is 1.54. The fourth-order valence-corrected chi connectivity index (χ4v) is 1.58. The molecule has 0 atom stereocenters. The maximum Gasteiger partial charge on any atom is 0.214 e. The zero-order chi connectivity index (χ0) is 9.80. The van der Waals surface area contributed by atoms with Crippen molar-refractivity contribution in [3.05, 3.63) is 23.4 Å². The van der Waals surface area contributed by atoms with Crippen molar-refractivity contribution in [2.45, 2.75) is 18.9 Å². The summed E-state index contributed by atoms with van der Waals surface area (Å²) in [6.07, 6.45) is 2.07.